The van der Waals surface area contributed by atoms with Crippen LogP contribution < -0.4 is 9.64 Å². The number of anilines is 1. The first-order valence-electron chi connectivity index (χ1n) is 4.41. The number of carbonyl (C=O) groups is 1. The molecule has 1 amide bonds. The van der Waals surface area contributed by atoms with Crippen LogP contribution in [0.4, 0.5) is 11.4 Å². The van der Waals surface area contributed by atoms with Crippen molar-refractivity contribution in [2.24, 2.45) is 0 Å². The van der Waals surface area contributed by atoms with E-state index in [1.54, 1.807) is 0 Å². The number of aliphatic hydroxyl groups excluding tert-OH is 1. The standard InChI is InChI=1S/C9H8N2O5/c1-10-6-3-2-5(11(14)15)4-7(6)16-9(13)8(10)12/h2-4,9,13H,1H3. The number of hydrogen-bond acceptors (Lipinski definition) is 5. The van der Waals surface area contributed by atoms with Gasteiger partial charge in [-0.05, 0) is 6.07 Å². The lowest BCUT2D eigenvalue weighted by Gasteiger charge is -2.28. The molecular weight excluding hydrogens is 216 g/mol. The van der Waals surface area contributed by atoms with Gasteiger partial charge in [-0.2, -0.15) is 0 Å². The van der Waals surface area contributed by atoms with E-state index in [1.807, 2.05) is 0 Å². The van der Waals surface area contributed by atoms with Crippen LogP contribution in [0, 0.1) is 10.1 Å². The maximum Gasteiger partial charge on any atom is 0.296 e. The van der Waals surface area contributed by atoms with Crippen molar-refractivity contribution in [1.29, 1.82) is 0 Å². The fourth-order valence-electron chi connectivity index (χ4n) is 1.44. The highest BCUT2D eigenvalue weighted by atomic mass is 16.6. The molecule has 0 fully saturated rings. The summed E-state index contributed by atoms with van der Waals surface area (Å²) >= 11 is 0. The number of aliphatic hydroxyl groups is 1. The lowest BCUT2D eigenvalue weighted by atomic mass is 10.2. The summed E-state index contributed by atoms with van der Waals surface area (Å²) in [6.07, 6.45) is -1.61. The molecule has 0 aliphatic carbocycles. The highest BCUT2D eigenvalue weighted by Crippen LogP contribution is 2.35. The Hall–Kier alpha value is -2.15. The van der Waals surface area contributed by atoms with Gasteiger partial charge in [0.1, 0.15) is 0 Å². The van der Waals surface area contributed by atoms with Crippen LogP contribution in [0.2, 0.25) is 0 Å². The molecule has 7 nitrogen and oxygen atoms in total. The Morgan fingerprint density at radius 3 is 2.88 bits per heavy atom. The number of nitro benzene ring substituents is 1. The van der Waals surface area contributed by atoms with Gasteiger partial charge in [0.25, 0.3) is 17.9 Å². The minimum atomic E-state index is -1.61. The van der Waals surface area contributed by atoms with Gasteiger partial charge < -0.3 is 14.7 Å². The van der Waals surface area contributed by atoms with Crippen molar-refractivity contribution in [3.05, 3.63) is 28.3 Å². The number of nitrogens with zero attached hydrogens (tertiary/aromatic N) is 2. The van der Waals surface area contributed by atoms with Gasteiger partial charge in [0.05, 0.1) is 16.7 Å². The molecule has 1 aliphatic rings. The molecule has 1 atom stereocenters. The molecule has 1 aliphatic heterocycles. The van der Waals surface area contributed by atoms with Gasteiger partial charge >= 0.3 is 0 Å². The van der Waals surface area contributed by atoms with E-state index in [0.29, 0.717) is 5.69 Å². The van der Waals surface area contributed by atoms with Crippen LogP contribution in [0.3, 0.4) is 0 Å². The van der Waals surface area contributed by atoms with Crippen molar-refractivity contribution in [2.75, 3.05) is 11.9 Å². The molecule has 1 unspecified atom stereocenters. The summed E-state index contributed by atoms with van der Waals surface area (Å²) in [6.45, 7) is 0. The van der Waals surface area contributed by atoms with Crippen LogP contribution >= 0.6 is 0 Å². The summed E-state index contributed by atoms with van der Waals surface area (Å²) in [7, 11) is 1.46. The van der Waals surface area contributed by atoms with E-state index >= 15 is 0 Å². The molecule has 84 valence electrons. The van der Waals surface area contributed by atoms with E-state index in [2.05, 4.69) is 0 Å². The van der Waals surface area contributed by atoms with Crippen molar-refractivity contribution in [3.8, 4) is 5.75 Å². The van der Waals surface area contributed by atoms with Gasteiger partial charge in [-0.3, -0.25) is 14.9 Å². The van der Waals surface area contributed by atoms with Crippen molar-refractivity contribution < 1.29 is 19.6 Å². The van der Waals surface area contributed by atoms with Gasteiger partial charge in [-0.25, -0.2) is 0 Å². The summed E-state index contributed by atoms with van der Waals surface area (Å²) in [5.74, 6) is -0.495. The molecule has 0 bridgehead atoms. The van der Waals surface area contributed by atoms with Gasteiger partial charge in [-0.15, -0.1) is 0 Å². The summed E-state index contributed by atoms with van der Waals surface area (Å²) in [4.78, 5) is 22.5. The SMILES string of the molecule is CN1C(=O)C(O)Oc2cc([N+](=O)[O-])ccc21. The molecule has 0 aromatic heterocycles. The highest BCUT2D eigenvalue weighted by Gasteiger charge is 2.31. The molecule has 1 aromatic rings. The third-order valence-corrected chi connectivity index (χ3v) is 2.30. The van der Waals surface area contributed by atoms with Crippen molar-refractivity contribution in [1.82, 2.24) is 0 Å². The highest BCUT2D eigenvalue weighted by molar-refractivity contribution is 5.98. The Labute approximate surface area is 90.0 Å². The maximum absolute atomic E-state index is 11.3. The molecular formula is C9H8N2O5. The van der Waals surface area contributed by atoms with Crippen LogP contribution in [0.1, 0.15) is 0 Å². The number of carbonyl (C=O) groups excluding carboxylic acids is 1. The van der Waals surface area contributed by atoms with E-state index < -0.39 is 17.1 Å². The van der Waals surface area contributed by atoms with Crippen LogP contribution in [0.5, 0.6) is 5.75 Å². The second kappa shape index (κ2) is 3.46. The molecule has 16 heavy (non-hydrogen) atoms. The fraction of sp³-hybridized carbons (Fsp3) is 0.222. The summed E-state index contributed by atoms with van der Waals surface area (Å²) < 4.78 is 4.87. The van der Waals surface area contributed by atoms with Crippen LogP contribution in [0.25, 0.3) is 0 Å². The first-order valence-corrected chi connectivity index (χ1v) is 4.41. The normalized spacial score (nSPS) is 19.0. The quantitative estimate of drug-likeness (QED) is 0.545. The van der Waals surface area contributed by atoms with Crippen molar-refractivity contribution in [3.63, 3.8) is 0 Å². The lowest BCUT2D eigenvalue weighted by molar-refractivity contribution is -0.385. The van der Waals surface area contributed by atoms with Crippen LogP contribution in [-0.4, -0.2) is 29.3 Å². The maximum atomic E-state index is 11.3. The molecule has 0 radical (unpaired) electrons. The number of benzene rings is 1. The van der Waals surface area contributed by atoms with Crippen molar-refractivity contribution in [2.45, 2.75) is 6.29 Å². The largest absolute Gasteiger partial charge is 0.453 e. The van der Waals surface area contributed by atoms with Crippen LogP contribution in [-0.2, 0) is 4.79 Å². The molecule has 0 saturated carbocycles. The minimum absolute atomic E-state index is 0.115. The number of likely N-dealkylation sites (N-methyl/N-ethyl adjacent to an activating group) is 1. The Balaban J connectivity index is 2.49. The Morgan fingerprint density at radius 2 is 2.25 bits per heavy atom. The number of fused-ring (bicyclic) bond motifs is 1. The Bertz CT molecular complexity index is 473. The zero-order valence-electron chi connectivity index (χ0n) is 8.28. The molecule has 0 spiro atoms. The number of hydrogen-bond donors (Lipinski definition) is 1. The van der Waals surface area contributed by atoms with E-state index in [4.69, 9.17) is 4.74 Å². The number of rotatable bonds is 1. The molecule has 2 rings (SSSR count). The van der Waals surface area contributed by atoms with Gasteiger partial charge in [0.2, 0.25) is 0 Å². The van der Waals surface area contributed by atoms with E-state index in [0.717, 1.165) is 0 Å². The zero-order chi connectivity index (χ0) is 11.9. The smallest absolute Gasteiger partial charge is 0.296 e. The first-order chi connectivity index (χ1) is 7.50. The molecule has 0 saturated heterocycles. The first kappa shape index (κ1) is 10.4. The zero-order valence-corrected chi connectivity index (χ0v) is 8.28. The molecule has 7 heteroatoms. The van der Waals surface area contributed by atoms with Gasteiger partial charge in [0.15, 0.2) is 5.75 Å². The fourth-order valence-corrected chi connectivity index (χ4v) is 1.44. The third-order valence-electron chi connectivity index (χ3n) is 2.30. The number of amides is 1. The van der Waals surface area contributed by atoms with E-state index in [9.17, 15) is 20.0 Å². The topological polar surface area (TPSA) is 92.9 Å². The van der Waals surface area contributed by atoms with Crippen LogP contribution in [0.15, 0.2) is 18.2 Å². The second-order valence-corrected chi connectivity index (χ2v) is 3.28. The minimum Gasteiger partial charge on any atom is -0.453 e. The Kier molecular flexibility index (Phi) is 2.24. The number of non-ortho nitro benzene ring substituents is 1. The summed E-state index contributed by atoms with van der Waals surface area (Å²) in [6, 6.07) is 3.84. The lowest BCUT2D eigenvalue weighted by Crippen LogP contribution is -2.43. The molecule has 1 N–H and O–H groups in total. The van der Waals surface area contributed by atoms with Gasteiger partial charge in [0, 0.05) is 13.1 Å². The monoisotopic (exact) mass is 224 g/mol. The molecule has 1 aromatic carbocycles. The second-order valence-electron chi connectivity index (χ2n) is 3.28. The molecule has 1 heterocycles. The summed E-state index contributed by atoms with van der Waals surface area (Å²) in [5, 5.41) is 19.8. The number of ether oxygens (including phenoxy) is 1. The predicted molar refractivity (Wildman–Crippen MR) is 53.1 cm³/mol. The summed E-state index contributed by atoms with van der Waals surface area (Å²) in [5.41, 5.74) is 0.231. The van der Waals surface area contributed by atoms with E-state index in [-0.39, 0.29) is 11.4 Å². The average molecular weight is 224 g/mol. The third kappa shape index (κ3) is 1.47. The average Bonchev–Trinajstić information content (AvgIpc) is 2.25. The van der Waals surface area contributed by atoms with Gasteiger partial charge in [-0.1, -0.05) is 0 Å². The Morgan fingerprint density at radius 1 is 1.56 bits per heavy atom. The van der Waals surface area contributed by atoms with Crippen molar-refractivity contribution >= 4 is 17.3 Å². The number of nitro groups is 1. The predicted octanol–water partition coefficient (Wildman–Crippen LogP) is 0.268. The van der Waals surface area contributed by atoms with E-state index in [1.165, 1.54) is 30.1 Å².